The third-order valence-corrected chi connectivity index (χ3v) is 8.61. The second-order valence-corrected chi connectivity index (χ2v) is 11.7. The molecule has 0 unspecified atom stereocenters. The summed E-state index contributed by atoms with van der Waals surface area (Å²) in [5.74, 6) is 1.04. The number of aryl methyl sites for hydroxylation is 1. The molecule has 1 aliphatic carbocycles. The van der Waals surface area contributed by atoms with Crippen molar-refractivity contribution in [2.75, 3.05) is 12.4 Å². The number of aromatic nitrogens is 3. The van der Waals surface area contributed by atoms with E-state index in [0.717, 1.165) is 54.1 Å². The van der Waals surface area contributed by atoms with Gasteiger partial charge in [0.05, 0.1) is 28.9 Å². The van der Waals surface area contributed by atoms with Crippen molar-refractivity contribution in [3.8, 4) is 28.1 Å². The van der Waals surface area contributed by atoms with Gasteiger partial charge >= 0.3 is 0 Å². The summed E-state index contributed by atoms with van der Waals surface area (Å²) in [7, 11) is -2.64. The van der Waals surface area contributed by atoms with Crippen LogP contribution in [0.2, 0.25) is 5.02 Å². The predicted octanol–water partition coefficient (Wildman–Crippen LogP) is 4.91. The summed E-state index contributed by atoms with van der Waals surface area (Å²) in [5, 5.41) is 9.92. The van der Waals surface area contributed by atoms with Crippen molar-refractivity contribution in [1.29, 1.82) is 0 Å². The number of ether oxygens (including phenoxy) is 1. The number of primary sulfonamides is 1. The molecule has 5 rings (SSSR count). The van der Waals surface area contributed by atoms with Crippen LogP contribution in [0, 0.1) is 0 Å². The molecule has 0 saturated heterocycles. The Morgan fingerprint density at radius 2 is 1.90 bits per heavy atom. The minimum Gasteiger partial charge on any atom is -0.496 e. The van der Waals surface area contributed by atoms with Gasteiger partial charge in [-0.25, -0.2) is 23.5 Å². The number of methoxy groups -OCH3 is 1. The van der Waals surface area contributed by atoms with Gasteiger partial charge in [0.2, 0.25) is 16.0 Å². The number of hydrogen-bond acceptors (Lipinski definition) is 8. The van der Waals surface area contributed by atoms with Crippen LogP contribution in [-0.4, -0.2) is 42.6 Å². The van der Waals surface area contributed by atoms with Crippen LogP contribution in [0.15, 0.2) is 53.7 Å². The summed E-state index contributed by atoms with van der Waals surface area (Å²) in [6.07, 6.45) is 8.12. The number of nitrogens with one attached hydrogen (secondary N) is 1. The van der Waals surface area contributed by atoms with Crippen molar-refractivity contribution in [2.24, 2.45) is 10.9 Å². The lowest BCUT2D eigenvalue weighted by atomic mass is 9.92. The maximum Gasteiger partial charge on any atom is 0.240 e. The van der Waals surface area contributed by atoms with Crippen LogP contribution < -0.4 is 20.9 Å². The highest BCUT2D eigenvalue weighted by Crippen LogP contribution is 2.43. The smallest absolute Gasteiger partial charge is 0.240 e. The molecule has 5 N–H and O–H groups in total. The number of rotatable bonds is 7. The van der Waals surface area contributed by atoms with E-state index in [-0.39, 0.29) is 16.0 Å². The van der Waals surface area contributed by atoms with Crippen molar-refractivity contribution in [3.05, 3.63) is 59.4 Å². The van der Waals surface area contributed by atoms with Gasteiger partial charge in [-0.05, 0) is 61.9 Å². The van der Waals surface area contributed by atoms with Crippen LogP contribution in [-0.2, 0) is 16.4 Å². The lowest BCUT2D eigenvalue weighted by Crippen LogP contribution is -2.33. The standard InChI is InChI=1S/C28H31ClN6O3S/c1-3-16-13-17(14-18-15-33-28(35-25(16)18)34-20-9-7-19(30)8-10-20)26-24(23(38-2)11-12-32-26)21-5-4-6-22(29)27(21)39(31,36)37/h4-6,11-15,19-20H,3,7-10,30H2,1-2H3,(H2,31,36,37)(H,33,34,35). The van der Waals surface area contributed by atoms with Gasteiger partial charge in [0.15, 0.2) is 0 Å². The topological polar surface area (TPSA) is 146 Å². The zero-order valence-corrected chi connectivity index (χ0v) is 23.4. The van der Waals surface area contributed by atoms with Gasteiger partial charge in [-0.1, -0.05) is 30.7 Å². The fourth-order valence-corrected chi connectivity index (χ4v) is 6.54. The molecule has 204 valence electrons. The Hall–Kier alpha value is -3.31. The van der Waals surface area contributed by atoms with Crippen molar-refractivity contribution >= 4 is 38.5 Å². The molecule has 0 atom stereocenters. The SMILES string of the molecule is CCc1cc(-c2nccc(OC)c2-c2cccc(Cl)c2S(N)(=O)=O)cc2cnc(NC3CCC(N)CC3)nc12. The zero-order chi connectivity index (χ0) is 27.7. The van der Waals surface area contributed by atoms with Crippen molar-refractivity contribution < 1.29 is 13.2 Å². The molecule has 39 heavy (non-hydrogen) atoms. The third kappa shape index (κ3) is 5.56. The van der Waals surface area contributed by atoms with Crippen LogP contribution in [0.5, 0.6) is 5.75 Å². The van der Waals surface area contributed by atoms with E-state index in [1.807, 2.05) is 12.1 Å². The van der Waals surface area contributed by atoms with Gasteiger partial charge in [0.1, 0.15) is 10.6 Å². The summed E-state index contributed by atoms with van der Waals surface area (Å²) in [6.45, 7) is 2.06. The normalized spacial score (nSPS) is 17.8. The van der Waals surface area contributed by atoms with E-state index in [9.17, 15) is 8.42 Å². The minimum absolute atomic E-state index is 0.0213. The van der Waals surface area contributed by atoms with E-state index in [2.05, 4.69) is 22.2 Å². The van der Waals surface area contributed by atoms with Crippen LogP contribution in [0.3, 0.4) is 0 Å². The Bertz CT molecular complexity index is 1640. The molecule has 1 saturated carbocycles. The van der Waals surface area contributed by atoms with E-state index >= 15 is 0 Å². The first-order valence-electron chi connectivity index (χ1n) is 12.9. The zero-order valence-electron chi connectivity index (χ0n) is 21.8. The number of anilines is 1. The van der Waals surface area contributed by atoms with E-state index < -0.39 is 10.0 Å². The van der Waals surface area contributed by atoms with Crippen molar-refractivity contribution in [3.63, 3.8) is 0 Å². The Labute approximate surface area is 233 Å². The fraction of sp³-hybridized carbons (Fsp3) is 0.321. The van der Waals surface area contributed by atoms with Crippen LogP contribution in [0.1, 0.15) is 38.2 Å². The van der Waals surface area contributed by atoms with E-state index in [1.165, 1.54) is 13.2 Å². The van der Waals surface area contributed by atoms with E-state index in [1.54, 1.807) is 30.6 Å². The summed E-state index contributed by atoms with van der Waals surface area (Å²) in [4.78, 5) is 13.9. The third-order valence-electron chi connectivity index (χ3n) is 7.17. The number of hydrogen-bond donors (Lipinski definition) is 3. The van der Waals surface area contributed by atoms with Gasteiger partial charge in [-0.2, -0.15) is 0 Å². The van der Waals surface area contributed by atoms with Crippen LogP contribution >= 0.6 is 11.6 Å². The molecule has 1 aliphatic rings. The number of nitrogens with two attached hydrogens (primary N) is 2. The molecule has 4 aromatic rings. The molecule has 0 spiro atoms. The Morgan fingerprint density at radius 3 is 2.59 bits per heavy atom. The number of pyridine rings is 1. The molecule has 0 amide bonds. The lowest BCUT2D eigenvalue weighted by Gasteiger charge is -2.26. The Kier molecular flexibility index (Phi) is 7.73. The first kappa shape index (κ1) is 27.3. The molecule has 0 bridgehead atoms. The maximum atomic E-state index is 12.6. The highest BCUT2D eigenvalue weighted by atomic mass is 35.5. The van der Waals surface area contributed by atoms with Crippen LogP contribution in [0.25, 0.3) is 33.3 Å². The molecule has 0 aliphatic heterocycles. The first-order chi connectivity index (χ1) is 18.7. The monoisotopic (exact) mass is 566 g/mol. The first-order valence-corrected chi connectivity index (χ1v) is 14.8. The predicted molar refractivity (Wildman–Crippen MR) is 154 cm³/mol. The molecule has 2 aromatic carbocycles. The van der Waals surface area contributed by atoms with Gasteiger partial charge in [0.25, 0.3) is 0 Å². The average molecular weight is 567 g/mol. The second kappa shape index (κ2) is 11.1. The lowest BCUT2D eigenvalue weighted by molar-refractivity contribution is 0.410. The summed E-state index contributed by atoms with van der Waals surface area (Å²) >= 11 is 6.33. The summed E-state index contributed by atoms with van der Waals surface area (Å²) < 4.78 is 30.8. The Balaban J connectivity index is 1.64. The highest BCUT2D eigenvalue weighted by molar-refractivity contribution is 7.89. The van der Waals surface area contributed by atoms with Gasteiger partial charge < -0.3 is 15.8 Å². The second-order valence-electron chi connectivity index (χ2n) is 9.77. The molecule has 2 heterocycles. The molecule has 0 radical (unpaired) electrons. The summed E-state index contributed by atoms with van der Waals surface area (Å²) in [6, 6.07) is 11.0. The molecule has 9 nitrogen and oxygen atoms in total. The van der Waals surface area contributed by atoms with Gasteiger partial charge in [0, 0.05) is 41.0 Å². The highest BCUT2D eigenvalue weighted by Gasteiger charge is 2.25. The summed E-state index contributed by atoms with van der Waals surface area (Å²) in [5.41, 5.74) is 9.99. The van der Waals surface area contributed by atoms with E-state index in [0.29, 0.717) is 34.6 Å². The quantitative estimate of drug-likeness (QED) is 0.286. The van der Waals surface area contributed by atoms with Gasteiger partial charge in [-0.3, -0.25) is 4.98 Å². The molecule has 1 fully saturated rings. The van der Waals surface area contributed by atoms with Crippen LogP contribution in [0.4, 0.5) is 5.95 Å². The number of nitrogens with zero attached hydrogens (tertiary/aromatic N) is 3. The minimum atomic E-state index is -4.15. The average Bonchev–Trinajstić information content (AvgIpc) is 2.92. The number of halogens is 1. The molecular formula is C28H31ClN6O3S. The fourth-order valence-electron chi connectivity index (χ4n) is 5.23. The van der Waals surface area contributed by atoms with Crippen molar-refractivity contribution in [2.45, 2.75) is 56.0 Å². The maximum absolute atomic E-state index is 12.6. The number of benzene rings is 2. The molecule has 2 aromatic heterocycles. The molecular weight excluding hydrogens is 536 g/mol. The largest absolute Gasteiger partial charge is 0.496 e. The Morgan fingerprint density at radius 1 is 1.13 bits per heavy atom. The van der Waals surface area contributed by atoms with Gasteiger partial charge in [-0.15, -0.1) is 0 Å². The van der Waals surface area contributed by atoms with Crippen molar-refractivity contribution in [1.82, 2.24) is 15.0 Å². The molecule has 11 heteroatoms. The number of fused-ring (bicyclic) bond motifs is 1. The number of sulfonamides is 1. The van der Waals surface area contributed by atoms with E-state index in [4.69, 9.17) is 32.2 Å².